The van der Waals surface area contributed by atoms with Crippen LogP contribution >= 0.6 is 0 Å². The zero-order valence-corrected chi connectivity index (χ0v) is 8.79. The molecule has 1 aromatic carbocycles. The van der Waals surface area contributed by atoms with Gasteiger partial charge in [-0.2, -0.15) is 0 Å². The van der Waals surface area contributed by atoms with Crippen LogP contribution in [0.4, 0.5) is 10.1 Å². The van der Waals surface area contributed by atoms with Gasteiger partial charge in [-0.05, 0) is 30.2 Å². The summed E-state index contributed by atoms with van der Waals surface area (Å²) in [6.07, 6.45) is 0.385. The maximum Gasteiger partial charge on any atom is 0.308 e. The van der Waals surface area contributed by atoms with E-state index in [1.165, 1.54) is 25.3 Å². The Bertz CT molecular complexity index is 366. The summed E-state index contributed by atoms with van der Waals surface area (Å²) >= 11 is 0. The van der Waals surface area contributed by atoms with Crippen LogP contribution in [0.1, 0.15) is 12.5 Å². The van der Waals surface area contributed by atoms with Gasteiger partial charge < -0.3 is 10.5 Å². The molecule has 0 bridgehead atoms. The van der Waals surface area contributed by atoms with E-state index in [-0.39, 0.29) is 17.7 Å². The van der Waals surface area contributed by atoms with E-state index < -0.39 is 0 Å². The van der Waals surface area contributed by atoms with Crippen molar-refractivity contribution in [1.29, 1.82) is 0 Å². The summed E-state index contributed by atoms with van der Waals surface area (Å²) in [5.41, 5.74) is 6.79. The van der Waals surface area contributed by atoms with Gasteiger partial charge >= 0.3 is 5.97 Å². The van der Waals surface area contributed by atoms with Crippen molar-refractivity contribution in [3.8, 4) is 0 Å². The Morgan fingerprint density at radius 2 is 2.27 bits per heavy atom. The summed E-state index contributed by atoms with van der Waals surface area (Å²) in [7, 11) is 1.33. The number of carbonyl (C=O) groups excluding carboxylic acids is 1. The van der Waals surface area contributed by atoms with Crippen molar-refractivity contribution >= 4 is 11.7 Å². The Hall–Kier alpha value is -1.58. The number of hydrogen-bond acceptors (Lipinski definition) is 3. The predicted molar refractivity (Wildman–Crippen MR) is 55.7 cm³/mol. The molecular weight excluding hydrogens is 197 g/mol. The lowest BCUT2D eigenvalue weighted by Crippen LogP contribution is -2.15. The van der Waals surface area contributed by atoms with Crippen LogP contribution in [0, 0.1) is 11.7 Å². The van der Waals surface area contributed by atoms with Gasteiger partial charge in [0.2, 0.25) is 0 Å². The molecule has 3 nitrogen and oxygen atoms in total. The fourth-order valence-corrected chi connectivity index (χ4v) is 1.37. The van der Waals surface area contributed by atoms with Gasteiger partial charge in [0.15, 0.2) is 0 Å². The average molecular weight is 211 g/mol. The standard InChI is InChI=1S/C11H14FNO2/c1-7(11(14)15-2)5-8-6-9(12)3-4-10(8)13/h3-4,6-7H,5,13H2,1-2H3. The van der Waals surface area contributed by atoms with Crippen LogP contribution in [-0.2, 0) is 16.0 Å². The van der Waals surface area contributed by atoms with Crippen LogP contribution < -0.4 is 5.73 Å². The summed E-state index contributed by atoms with van der Waals surface area (Å²) in [4.78, 5) is 11.2. The average Bonchev–Trinajstić information content (AvgIpc) is 2.22. The smallest absolute Gasteiger partial charge is 0.308 e. The number of nitrogen functional groups attached to an aromatic ring is 1. The molecule has 0 aliphatic carbocycles. The Morgan fingerprint density at radius 3 is 2.87 bits per heavy atom. The third-order valence-corrected chi connectivity index (χ3v) is 2.23. The molecule has 0 radical (unpaired) electrons. The largest absolute Gasteiger partial charge is 0.469 e. The highest BCUT2D eigenvalue weighted by atomic mass is 19.1. The fraction of sp³-hybridized carbons (Fsp3) is 0.364. The monoisotopic (exact) mass is 211 g/mol. The third-order valence-electron chi connectivity index (χ3n) is 2.23. The minimum atomic E-state index is -0.351. The van der Waals surface area contributed by atoms with Crippen LogP contribution in [0.15, 0.2) is 18.2 Å². The van der Waals surface area contributed by atoms with Crippen molar-refractivity contribution in [3.63, 3.8) is 0 Å². The quantitative estimate of drug-likeness (QED) is 0.612. The SMILES string of the molecule is COC(=O)C(C)Cc1cc(F)ccc1N. The highest BCUT2D eigenvalue weighted by molar-refractivity contribution is 5.72. The van der Waals surface area contributed by atoms with Gasteiger partial charge in [-0.15, -0.1) is 0 Å². The van der Waals surface area contributed by atoms with E-state index in [2.05, 4.69) is 4.74 Å². The molecule has 1 aromatic rings. The Balaban J connectivity index is 2.80. The van der Waals surface area contributed by atoms with Gasteiger partial charge in [-0.3, -0.25) is 4.79 Å². The van der Waals surface area contributed by atoms with Crippen molar-refractivity contribution in [2.75, 3.05) is 12.8 Å². The number of hydrogen-bond donors (Lipinski definition) is 1. The molecule has 2 N–H and O–H groups in total. The molecule has 0 aliphatic heterocycles. The van der Waals surface area contributed by atoms with Crippen LogP contribution in [0.5, 0.6) is 0 Å². The minimum absolute atomic E-state index is 0.320. The molecule has 0 saturated heterocycles. The number of nitrogens with two attached hydrogens (primary N) is 1. The van der Waals surface area contributed by atoms with E-state index in [9.17, 15) is 9.18 Å². The third kappa shape index (κ3) is 2.94. The van der Waals surface area contributed by atoms with E-state index in [1.807, 2.05) is 0 Å². The van der Waals surface area contributed by atoms with Gasteiger partial charge in [0.25, 0.3) is 0 Å². The number of rotatable bonds is 3. The van der Waals surface area contributed by atoms with Crippen molar-refractivity contribution in [2.45, 2.75) is 13.3 Å². The molecule has 1 atom stereocenters. The topological polar surface area (TPSA) is 52.3 Å². The number of carbonyl (C=O) groups is 1. The lowest BCUT2D eigenvalue weighted by Gasteiger charge is -2.10. The second-order valence-electron chi connectivity index (χ2n) is 3.47. The molecule has 0 heterocycles. The van der Waals surface area contributed by atoms with Gasteiger partial charge in [-0.1, -0.05) is 6.92 Å². The number of halogens is 1. The highest BCUT2D eigenvalue weighted by Gasteiger charge is 2.15. The van der Waals surface area contributed by atoms with E-state index >= 15 is 0 Å². The van der Waals surface area contributed by atoms with Gasteiger partial charge in [0.05, 0.1) is 13.0 Å². The molecule has 4 heteroatoms. The molecule has 0 saturated carbocycles. The second-order valence-corrected chi connectivity index (χ2v) is 3.47. The molecule has 0 aliphatic rings. The maximum absolute atomic E-state index is 12.9. The van der Waals surface area contributed by atoms with Crippen LogP contribution in [0.3, 0.4) is 0 Å². The van der Waals surface area contributed by atoms with Crippen molar-refractivity contribution in [1.82, 2.24) is 0 Å². The molecule has 0 aromatic heterocycles. The fourth-order valence-electron chi connectivity index (χ4n) is 1.37. The number of ether oxygens (including phenoxy) is 1. The first-order chi connectivity index (χ1) is 7.04. The molecular formula is C11H14FNO2. The Labute approximate surface area is 88.0 Å². The molecule has 0 amide bonds. The summed E-state index contributed by atoms with van der Waals surface area (Å²) in [5.74, 6) is -0.992. The van der Waals surface area contributed by atoms with E-state index in [4.69, 9.17) is 5.73 Å². The molecule has 15 heavy (non-hydrogen) atoms. The molecule has 0 fully saturated rings. The lowest BCUT2D eigenvalue weighted by molar-refractivity contribution is -0.144. The van der Waals surface area contributed by atoms with Gasteiger partial charge in [0.1, 0.15) is 5.82 Å². The molecule has 1 unspecified atom stereocenters. The second kappa shape index (κ2) is 4.77. The van der Waals surface area contributed by atoms with E-state index in [1.54, 1.807) is 6.92 Å². The van der Waals surface area contributed by atoms with Crippen LogP contribution in [-0.4, -0.2) is 13.1 Å². The Kier molecular flexibility index (Phi) is 3.66. The van der Waals surface area contributed by atoms with Crippen molar-refractivity contribution < 1.29 is 13.9 Å². The number of benzene rings is 1. The zero-order chi connectivity index (χ0) is 11.4. The lowest BCUT2D eigenvalue weighted by atomic mass is 10.00. The molecule has 1 rings (SSSR count). The maximum atomic E-state index is 12.9. The number of anilines is 1. The van der Waals surface area contributed by atoms with Crippen LogP contribution in [0.25, 0.3) is 0 Å². The minimum Gasteiger partial charge on any atom is -0.469 e. The summed E-state index contributed by atoms with van der Waals surface area (Å²) in [5, 5.41) is 0. The zero-order valence-electron chi connectivity index (χ0n) is 8.79. The summed E-state index contributed by atoms with van der Waals surface area (Å²) in [6.45, 7) is 1.72. The van der Waals surface area contributed by atoms with E-state index in [0.717, 1.165) is 0 Å². The summed E-state index contributed by atoms with van der Waals surface area (Å²) in [6, 6.07) is 4.13. The predicted octanol–water partition coefficient (Wildman–Crippen LogP) is 1.76. The number of methoxy groups -OCH3 is 1. The van der Waals surface area contributed by atoms with Crippen LogP contribution in [0.2, 0.25) is 0 Å². The van der Waals surface area contributed by atoms with Gasteiger partial charge in [0, 0.05) is 5.69 Å². The first kappa shape index (κ1) is 11.5. The number of esters is 1. The molecule has 82 valence electrons. The van der Waals surface area contributed by atoms with E-state index in [0.29, 0.717) is 17.7 Å². The Morgan fingerprint density at radius 1 is 1.60 bits per heavy atom. The normalized spacial score (nSPS) is 12.2. The van der Waals surface area contributed by atoms with Crippen molar-refractivity contribution in [2.24, 2.45) is 5.92 Å². The summed E-state index contributed by atoms with van der Waals surface area (Å²) < 4.78 is 17.5. The van der Waals surface area contributed by atoms with Crippen molar-refractivity contribution in [3.05, 3.63) is 29.6 Å². The van der Waals surface area contributed by atoms with Gasteiger partial charge in [-0.25, -0.2) is 4.39 Å². The first-order valence-electron chi connectivity index (χ1n) is 4.66. The first-order valence-corrected chi connectivity index (χ1v) is 4.66. The highest BCUT2D eigenvalue weighted by Crippen LogP contribution is 2.18. The molecule has 0 spiro atoms.